The second-order valence-electron chi connectivity index (χ2n) is 5.17. The van der Waals surface area contributed by atoms with Crippen LogP contribution in [0.5, 0.6) is 0 Å². The first-order valence-corrected chi connectivity index (χ1v) is 5.66. The van der Waals surface area contributed by atoms with Gasteiger partial charge in [-0.25, -0.2) is 0 Å². The van der Waals surface area contributed by atoms with Crippen LogP contribution in [0.2, 0.25) is 0 Å². The zero-order valence-corrected chi connectivity index (χ0v) is 8.66. The fourth-order valence-corrected chi connectivity index (χ4v) is 2.86. The van der Waals surface area contributed by atoms with E-state index >= 15 is 0 Å². The number of carbonyl (C=O) groups excluding carboxylic acids is 1. The lowest BCUT2D eigenvalue weighted by molar-refractivity contribution is -0.168. The Kier molecular flexibility index (Phi) is 1.56. The van der Waals surface area contributed by atoms with Gasteiger partial charge in [-0.2, -0.15) is 0 Å². The van der Waals surface area contributed by atoms with Crippen molar-refractivity contribution in [1.29, 1.82) is 0 Å². The van der Waals surface area contributed by atoms with Crippen LogP contribution in [0.3, 0.4) is 0 Å². The Hall–Kier alpha value is -1.06. The second kappa shape index (κ2) is 2.54. The van der Waals surface area contributed by atoms with E-state index in [0.29, 0.717) is 12.8 Å². The zero-order chi connectivity index (χ0) is 10.7. The standard InChI is InChI=1S/C11H15NO3/c13-8(11(4-5-11)9(14)15)12-7-6-10(12)2-1-3-10/h1-7H2,(H,14,15). The molecule has 2 saturated carbocycles. The number of hydrogen-bond donors (Lipinski definition) is 1. The second-order valence-corrected chi connectivity index (χ2v) is 5.17. The molecule has 0 aromatic carbocycles. The fourth-order valence-electron chi connectivity index (χ4n) is 2.86. The van der Waals surface area contributed by atoms with Crippen LogP contribution >= 0.6 is 0 Å². The number of rotatable bonds is 2. The van der Waals surface area contributed by atoms with Crippen molar-refractivity contribution in [3.05, 3.63) is 0 Å². The van der Waals surface area contributed by atoms with E-state index in [1.54, 1.807) is 0 Å². The van der Waals surface area contributed by atoms with Crippen molar-refractivity contribution in [2.45, 2.75) is 44.1 Å². The van der Waals surface area contributed by atoms with Gasteiger partial charge < -0.3 is 10.0 Å². The summed E-state index contributed by atoms with van der Waals surface area (Å²) in [5.41, 5.74) is -0.939. The number of aliphatic carboxylic acids is 1. The molecule has 0 radical (unpaired) electrons. The molecule has 82 valence electrons. The molecular formula is C11H15NO3. The Balaban J connectivity index is 1.78. The van der Waals surface area contributed by atoms with Crippen molar-refractivity contribution >= 4 is 11.9 Å². The van der Waals surface area contributed by atoms with Gasteiger partial charge in [0, 0.05) is 12.1 Å². The number of nitrogens with zero attached hydrogens (tertiary/aromatic N) is 1. The Morgan fingerprint density at radius 3 is 2.00 bits per heavy atom. The minimum Gasteiger partial charge on any atom is -0.480 e. The Morgan fingerprint density at radius 2 is 1.73 bits per heavy atom. The highest BCUT2D eigenvalue weighted by molar-refractivity contribution is 6.05. The third kappa shape index (κ3) is 0.971. The van der Waals surface area contributed by atoms with Gasteiger partial charge in [-0.15, -0.1) is 0 Å². The van der Waals surface area contributed by atoms with Crippen molar-refractivity contribution < 1.29 is 14.7 Å². The predicted octanol–water partition coefficient (Wildman–Crippen LogP) is 1.01. The van der Waals surface area contributed by atoms with Gasteiger partial charge in [0.25, 0.3) is 0 Å². The van der Waals surface area contributed by atoms with E-state index < -0.39 is 11.4 Å². The van der Waals surface area contributed by atoms with Crippen molar-refractivity contribution in [2.24, 2.45) is 5.41 Å². The summed E-state index contributed by atoms with van der Waals surface area (Å²) in [6.07, 6.45) is 5.49. The van der Waals surface area contributed by atoms with Crippen LogP contribution < -0.4 is 0 Å². The molecule has 3 aliphatic rings. The van der Waals surface area contributed by atoms with E-state index in [1.165, 1.54) is 6.42 Å². The van der Waals surface area contributed by atoms with E-state index in [2.05, 4.69) is 0 Å². The molecule has 3 rings (SSSR count). The quantitative estimate of drug-likeness (QED) is 0.690. The maximum Gasteiger partial charge on any atom is 0.319 e. The van der Waals surface area contributed by atoms with Crippen LogP contribution in [0.4, 0.5) is 0 Å². The minimum absolute atomic E-state index is 0.0854. The van der Waals surface area contributed by atoms with Crippen LogP contribution in [0.1, 0.15) is 38.5 Å². The van der Waals surface area contributed by atoms with E-state index in [0.717, 1.165) is 25.8 Å². The number of carboxylic acid groups (broad SMARTS) is 1. The zero-order valence-electron chi connectivity index (χ0n) is 8.66. The molecule has 0 atom stereocenters. The van der Waals surface area contributed by atoms with Gasteiger partial charge in [-0.1, -0.05) is 0 Å². The number of carbonyl (C=O) groups is 2. The highest BCUT2D eigenvalue weighted by Crippen LogP contribution is 2.54. The molecule has 1 aliphatic heterocycles. The maximum absolute atomic E-state index is 12.1. The lowest BCUT2D eigenvalue weighted by Crippen LogP contribution is -2.67. The van der Waals surface area contributed by atoms with Crippen LogP contribution in [0.15, 0.2) is 0 Å². The van der Waals surface area contributed by atoms with Gasteiger partial charge in [0.1, 0.15) is 5.41 Å². The van der Waals surface area contributed by atoms with E-state index in [4.69, 9.17) is 5.11 Å². The van der Waals surface area contributed by atoms with E-state index in [-0.39, 0.29) is 11.4 Å². The van der Waals surface area contributed by atoms with Gasteiger partial charge in [0.05, 0.1) is 0 Å². The van der Waals surface area contributed by atoms with Gasteiger partial charge in [0.15, 0.2) is 0 Å². The molecule has 1 amide bonds. The molecule has 0 bridgehead atoms. The summed E-state index contributed by atoms with van der Waals surface area (Å²) in [6.45, 7) is 0.772. The maximum atomic E-state index is 12.1. The smallest absolute Gasteiger partial charge is 0.319 e. The molecule has 0 aromatic heterocycles. The summed E-state index contributed by atoms with van der Waals surface area (Å²) >= 11 is 0. The lowest BCUT2D eigenvalue weighted by atomic mass is 9.67. The largest absolute Gasteiger partial charge is 0.480 e. The highest BCUT2D eigenvalue weighted by Gasteiger charge is 2.63. The third-order valence-electron chi connectivity index (χ3n) is 4.47. The van der Waals surface area contributed by atoms with Crippen LogP contribution in [0.25, 0.3) is 0 Å². The van der Waals surface area contributed by atoms with Crippen LogP contribution in [0, 0.1) is 5.41 Å². The topological polar surface area (TPSA) is 57.6 Å². The normalized spacial score (nSPS) is 29.2. The fraction of sp³-hybridized carbons (Fsp3) is 0.818. The first kappa shape index (κ1) is 9.19. The summed E-state index contributed by atoms with van der Waals surface area (Å²) in [7, 11) is 0. The molecule has 1 spiro atoms. The van der Waals surface area contributed by atoms with Crippen LogP contribution in [-0.2, 0) is 9.59 Å². The highest BCUT2D eigenvalue weighted by atomic mass is 16.4. The number of carboxylic acids is 1. The molecule has 1 N–H and O–H groups in total. The summed E-state index contributed by atoms with van der Waals surface area (Å²) in [5.74, 6) is -1.03. The van der Waals surface area contributed by atoms with E-state index in [9.17, 15) is 9.59 Å². The molecule has 0 unspecified atom stereocenters. The number of likely N-dealkylation sites (tertiary alicyclic amines) is 1. The summed E-state index contributed by atoms with van der Waals surface area (Å²) in [6, 6.07) is 0. The van der Waals surface area contributed by atoms with Crippen molar-refractivity contribution in [3.63, 3.8) is 0 Å². The Morgan fingerprint density at radius 1 is 1.07 bits per heavy atom. The summed E-state index contributed by atoms with van der Waals surface area (Å²) in [5, 5.41) is 9.06. The first-order valence-electron chi connectivity index (χ1n) is 5.66. The first-order chi connectivity index (χ1) is 7.11. The van der Waals surface area contributed by atoms with Gasteiger partial charge in [-0.05, 0) is 38.5 Å². The molecule has 3 fully saturated rings. The minimum atomic E-state index is -1.02. The molecule has 15 heavy (non-hydrogen) atoms. The average molecular weight is 209 g/mol. The Bertz CT molecular complexity index is 336. The molecule has 1 saturated heterocycles. The third-order valence-corrected chi connectivity index (χ3v) is 4.47. The average Bonchev–Trinajstić information content (AvgIpc) is 2.77. The monoisotopic (exact) mass is 209 g/mol. The Labute approximate surface area is 88.2 Å². The van der Waals surface area contributed by atoms with Gasteiger partial charge in [-0.3, -0.25) is 9.59 Å². The molecule has 0 aromatic rings. The lowest BCUT2D eigenvalue weighted by Gasteiger charge is -2.59. The predicted molar refractivity (Wildman–Crippen MR) is 52.2 cm³/mol. The van der Waals surface area contributed by atoms with Crippen molar-refractivity contribution in [2.75, 3.05) is 6.54 Å². The van der Waals surface area contributed by atoms with Gasteiger partial charge >= 0.3 is 5.97 Å². The van der Waals surface area contributed by atoms with Crippen molar-refractivity contribution in [1.82, 2.24) is 4.90 Å². The number of hydrogen-bond acceptors (Lipinski definition) is 2. The molecule has 1 heterocycles. The molecule has 2 aliphatic carbocycles. The van der Waals surface area contributed by atoms with E-state index in [1.807, 2.05) is 4.90 Å². The molecule has 4 heteroatoms. The van der Waals surface area contributed by atoms with Crippen LogP contribution in [-0.4, -0.2) is 34.0 Å². The van der Waals surface area contributed by atoms with Gasteiger partial charge in [0.2, 0.25) is 5.91 Å². The van der Waals surface area contributed by atoms with Crippen molar-refractivity contribution in [3.8, 4) is 0 Å². The SMILES string of the molecule is O=C(O)C1(C(=O)N2CCC23CCC3)CC1. The summed E-state index contributed by atoms with van der Waals surface area (Å²) < 4.78 is 0. The molecule has 4 nitrogen and oxygen atoms in total. The number of amides is 1. The molecular weight excluding hydrogens is 194 g/mol. The summed E-state index contributed by atoms with van der Waals surface area (Å²) in [4.78, 5) is 25.0.